The van der Waals surface area contributed by atoms with Gasteiger partial charge in [0, 0.05) is 17.2 Å². The first-order chi connectivity index (χ1) is 12.4. The maximum Gasteiger partial charge on any atom is 0.234 e. The third-order valence-corrected chi connectivity index (χ3v) is 4.15. The number of hydrogen-bond acceptors (Lipinski definition) is 3. The fraction of sp³-hybridized carbons (Fsp3) is 0.273. The SMILES string of the molecule is CCCCCCOc1cc(-c2ccccc2)c(-c2ccccc2)nn1. The maximum absolute atomic E-state index is 5.83. The Hall–Kier alpha value is -2.68. The highest BCUT2D eigenvalue weighted by Gasteiger charge is 2.12. The Morgan fingerprint density at radius 1 is 0.760 bits per heavy atom. The van der Waals surface area contributed by atoms with Gasteiger partial charge in [-0.25, -0.2) is 0 Å². The van der Waals surface area contributed by atoms with Crippen LogP contribution in [-0.4, -0.2) is 16.8 Å². The lowest BCUT2D eigenvalue weighted by atomic mass is 10.0. The quantitative estimate of drug-likeness (QED) is 0.491. The topological polar surface area (TPSA) is 35.0 Å². The molecule has 1 aromatic heterocycles. The fourth-order valence-corrected chi connectivity index (χ4v) is 2.80. The van der Waals surface area contributed by atoms with Crippen LogP contribution in [0, 0.1) is 0 Å². The molecule has 0 fully saturated rings. The van der Waals surface area contributed by atoms with Gasteiger partial charge >= 0.3 is 0 Å². The Kier molecular flexibility index (Phi) is 6.16. The lowest BCUT2D eigenvalue weighted by Gasteiger charge is -2.11. The van der Waals surface area contributed by atoms with Crippen molar-refractivity contribution in [1.29, 1.82) is 0 Å². The monoisotopic (exact) mass is 332 g/mol. The van der Waals surface area contributed by atoms with Crippen molar-refractivity contribution in [3.05, 3.63) is 66.7 Å². The van der Waals surface area contributed by atoms with Gasteiger partial charge in [-0.2, -0.15) is 0 Å². The van der Waals surface area contributed by atoms with Crippen molar-refractivity contribution < 1.29 is 4.74 Å². The molecule has 25 heavy (non-hydrogen) atoms. The molecule has 3 aromatic rings. The number of benzene rings is 2. The number of nitrogens with zero attached hydrogens (tertiary/aromatic N) is 2. The summed E-state index contributed by atoms with van der Waals surface area (Å²) in [6.45, 7) is 2.90. The van der Waals surface area contributed by atoms with Gasteiger partial charge in [0.2, 0.25) is 5.88 Å². The molecule has 2 aromatic carbocycles. The van der Waals surface area contributed by atoms with Crippen molar-refractivity contribution in [2.45, 2.75) is 32.6 Å². The predicted octanol–water partition coefficient (Wildman–Crippen LogP) is 5.77. The average Bonchev–Trinajstić information content (AvgIpc) is 2.69. The number of aromatic nitrogens is 2. The fourth-order valence-electron chi connectivity index (χ4n) is 2.80. The molecule has 0 unspecified atom stereocenters. The highest BCUT2D eigenvalue weighted by molar-refractivity contribution is 5.80. The van der Waals surface area contributed by atoms with Crippen LogP contribution in [0.1, 0.15) is 32.6 Å². The zero-order valence-corrected chi connectivity index (χ0v) is 14.7. The summed E-state index contributed by atoms with van der Waals surface area (Å²) in [5.74, 6) is 0.593. The van der Waals surface area contributed by atoms with Crippen LogP contribution in [-0.2, 0) is 0 Å². The van der Waals surface area contributed by atoms with E-state index in [2.05, 4.69) is 41.4 Å². The highest BCUT2D eigenvalue weighted by atomic mass is 16.5. The molecule has 0 saturated carbocycles. The number of unbranched alkanes of at least 4 members (excludes halogenated alkanes) is 3. The van der Waals surface area contributed by atoms with Gasteiger partial charge in [-0.05, 0) is 12.0 Å². The highest BCUT2D eigenvalue weighted by Crippen LogP contribution is 2.31. The summed E-state index contributed by atoms with van der Waals surface area (Å²) < 4.78 is 5.83. The molecule has 0 bridgehead atoms. The van der Waals surface area contributed by atoms with Crippen LogP contribution in [0.2, 0.25) is 0 Å². The number of hydrogen-bond donors (Lipinski definition) is 0. The van der Waals surface area contributed by atoms with Crippen LogP contribution in [0.3, 0.4) is 0 Å². The summed E-state index contributed by atoms with van der Waals surface area (Å²) in [4.78, 5) is 0. The Balaban J connectivity index is 1.86. The van der Waals surface area contributed by atoms with E-state index in [1.165, 1.54) is 19.3 Å². The summed E-state index contributed by atoms with van der Waals surface area (Å²) in [5, 5.41) is 8.75. The van der Waals surface area contributed by atoms with Gasteiger partial charge in [0.25, 0.3) is 0 Å². The summed E-state index contributed by atoms with van der Waals surface area (Å²) in [6, 6.07) is 22.4. The number of rotatable bonds is 8. The van der Waals surface area contributed by atoms with E-state index in [0.717, 1.165) is 28.8 Å². The molecule has 3 heteroatoms. The second kappa shape index (κ2) is 8.97. The Morgan fingerprint density at radius 2 is 1.44 bits per heavy atom. The molecule has 0 atom stereocenters. The van der Waals surface area contributed by atoms with E-state index in [4.69, 9.17) is 4.74 Å². The zero-order chi connectivity index (χ0) is 17.3. The van der Waals surface area contributed by atoms with Gasteiger partial charge in [0.05, 0.1) is 6.61 Å². The van der Waals surface area contributed by atoms with Gasteiger partial charge in [-0.15, -0.1) is 10.2 Å². The Morgan fingerprint density at radius 3 is 2.12 bits per heavy atom. The molecule has 0 aliphatic heterocycles. The van der Waals surface area contributed by atoms with Crippen LogP contribution in [0.4, 0.5) is 0 Å². The predicted molar refractivity (Wildman–Crippen MR) is 103 cm³/mol. The van der Waals surface area contributed by atoms with E-state index in [9.17, 15) is 0 Å². The van der Waals surface area contributed by atoms with E-state index in [0.29, 0.717) is 12.5 Å². The van der Waals surface area contributed by atoms with E-state index >= 15 is 0 Å². The molecule has 0 spiro atoms. The van der Waals surface area contributed by atoms with Gasteiger partial charge < -0.3 is 4.74 Å². The molecule has 0 saturated heterocycles. The smallest absolute Gasteiger partial charge is 0.234 e. The second-order valence-electron chi connectivity index (χ2n) is 6.09. The molecule has 3 nitrogen and oxygen atoms in total. The molecule has 3 rings (SSSR count). The van der Waals surface area contributed by atoms with Gasteiger partial charge in [-0.3, -0.25) is 0 Å². The first-order valence-corrected chi connectivity index (χ1v) is 9.00. The van der Waals surface area contributed by atoms with Crippen LogP contribution >= 0.6 is 0 Å². The van der Waals surface area contributed by atoms with Crippen LogP contribution in [0.15, 0.2) is 66.7 Å². The maximum atomic E-state index is 5.83. The van der Waals surface area contributed by atoms with Crippen molar-refractivity contribution >= 4 is 0 Å². The van der Waals surface area contributed by atoms with Crippen LogP contribution < -0.4 is 4.74 Å². The molecule has 128 valence electrons. The molecule has 0 N–H and O–H groups in total. The summed E-state index contributed by atoms with van der Waals surface area (Å²) in [5.41, 5.74) is 4.10. The summed E-state index contributed by atoms with van der Waals surface area (Å²) in [6.07, 6.45) is 4.72. The van der Waals surface area contributed by atoms with Crippen LogP contribution in [0.5, 0.6) is 5.88 Å². The standard InChI is InChI=1S/C22H24N2O/c1-2-3-4-11-16-25-21-17-20(18-12-7-5-8-13-18)22(24-23-21)19-14-9-6-10-15-19/h5-10,12-15,17H,2-4,11,16H2,1H3. The third-order valence-electron chi connectivity index (χ3n) is 4.15. The molecule has 1 heterocycles. The zero-order valence-electron chi connectivity index (χ0n) is 14.7. The number of ether oxygens (including phenoxy) is 1. The lowest BCUT2D eigenvalue weighted by Crippen LogP contribution is -2.02. The van der Waals surface area contributed by atoms with Crippen molar-refractivity contribution in [1.82, 2.24) is 10.2 Å². The second-order valence-corrected chi connectivity index (χ2v) is 6.09. The minimum absolute atomic E-state index is 0.593. The van der Waals surface area contributed by atoms with Gasteiger partial charge in [0.1, 0.15) is 5.69 Å². The molecule has 0 aliphatic carbocycles. The van der Waals surface area contributed by atoms with Crippen molar-refractivity contribution in [3.63, 3.8) is 0 Å². The third kappa shape index (κ3) is 4.66. The first kappa shape index (κ1) is 17.2. The average molecular weight is 332 g/mol. The largest absolute Gasteiger partial charge is 0.477 e. The Bertz CT molecular complexity index is 773. The van der Waals surface area contributed by atoms with E-state index in [-0.39, 0.29) is 0 Å². The van der Waals surface area contributed by atoms with Crippen molar-refractivity contribution in [2.24, 2.45) is 0 Å². The van der Waals surface area contributed by atoms with Crippen molar-refractivity contribution in [2.75, 3.05) is 6.61 Å². The molecule has 0 aliphatic rings. The van der Waals surface area contributed by atoms with Gasteiger partial charge in [-0.1, -0.05) is 86.8 Å². The lowest BCUT2D eigenvalue weighted by molar-refractivity contribution is 0.291. The summed E-state index contributed by atoms with van der Waals surface area (Å²) in [7, 11) is 0. The van der Waals surface area contributed by atoms with E-state index in [1.807, 2.05) is 42.5 Å². The van der Waals surface area contributed by atoms with E-state index in [1.54, 1.807) is 0 Å². The Labute approximate surface area is 149 Å². The molecule has 0 radical (unpaired) electrons. The molecular weight excluding hydrogens is 308 g/mol. The van der Waals surface area contributed by atoms with Gasteiger partial charge in [0.15, 0.2) is 0 Å². The van der Waals surface area contributed by atoms with E-state index < -0.39 is 0 Å². The van der Waals surface area contributed by atoms with Crippen LogP contribution in [0.25, 0.3) is 22.4 Å². The minimum Gasteiger partial charge on any atom is -0.477 e. The first-order valence-electron chi connectivity index (χ1n) is 9.00. The molecule has 0 amide bonds. The minimum atomic E-state index is 0.593. The molecular formula is C22H24N2O. The normalized spacial score (nSPS) is 10.6. The summed E-state index contributed by atoms with van der Waals surface area (Å²) >= 11 is 0. The van der Waals surface area contributed by atoms with Crippen molar-refractivity contribution in [3.8, 4) is 28.3 Å².